The van der Waals surface area contributed by atoms with Gasteiger partial charge in [-0.05, 0) is 37.6 Å². The molecule has 7 heteroatoms. The lowest BCUT2D eigenvalue weighted by Crippen LogP contribution is -2.20. The molecule has 1 amide bonds. The predicted molar refractivity (Wildman–Crippen MR) is 79.4 cm³/mol. The van der Waals surface area contributed by atoms with E-state index in [2.05, 4.69) is 5.32 Å². The molecule has 2 N–H and O–H groups in total. The van der Waals surface area contributed by atoms with E-state index >= 15 is 0 Å². The molecular weight excluding hydrogens is 309 g/mol. The van der Waals surface area contributed by atoms with Gasteiger partial charge >= 0.3 is 6.18 Å². The van der Waals surface area contributed by atoms with Crippen molar-refractivity contribution >= 4 is 11.6 Å². The Morgan fingerprint density at radius 1 is 1.35 bits per heavy atom. The van der Waals surface area contributed by atoms with E-state index in [9.17, 15) is 23.1 Å². The Balaban J connectivity index is 2.61. The Morgan fingerprint density at radius 2 is 1.91 bits per heavy atom. The number of anilines is 1. The van der Waals surface area contributed by atoms with Gasteiger partial charge in [0.25, 0.3) is 0 Å². The van der Waals surface area contributed by atoms with E-state index in [0.717, 1.165) is 12.1 Å². The highest BCUT2D eigenvalue weighted by Crippen LogP contribution is 2.29. The Labute approximate surface area is 132 Å². The van der Waals surface area contributed by atoms with Crippen LogP contribution in [0, 0.1) is 17.2 Å². The van der Waals surface area contributed by atoms with Crippen LogP contribution in [0.4, 0.5) is 18.9 Å². The first-order chi connectivity index (χ1) is 10.6. The third-order valence-electron chi connectivity index (χ3n) is 3.34. The number of aliphatic hydroxyl groups excluding tert-OH is 1. The van der Waals surface area contributed by atoms with E-state index in [4.69, 9.17) is 5.26 Å². The SMILES string of the molecule is C/C(C#N)=C(/O)CCC(C)C(=O)Nc1ccc(C(F)(F)F)cc1. The number of aliphatic hydroxyl groups is 1. The zero-order valence-corrected chi connectivity index (χ0v) is 12.7. The number of amides is 1. The van der Waals surface area contributed by atoms with E-state index in [1.54, 1.807) is 6.92 Å². The Kier molecular flexibility index (Phi) is 6.19. The van der Waals surface area contributed by atoms with E-state index in [-0.39, 0.29) is 29.3 Å². The van der Waals surface area contributed by atoms with E-state index in [1.165, 1.54) is 19.1 Å². The topological polar surface area (TPSA) is 73.1 Å². The fourth-order valence-corrected chi connectivity index (χ4v) is 1.74. The molecule has 1 aromatic carbocycles. The van der Waals surface area contributed by atoms with E-state index < -0.39 is 17.7 Å². The highest BCUT2D eigenvalue weighted by Gasteiger charge is 2.30. The van der Waals surface area contributed by atoms with Crippen molar-refractivity contribution in [2.24, 2.45) is 5.92 Å². The fraction of sp³-hybridized carbons (Fsp3) is 0.375. The van der Waals surface area contributed by atoms with Gasteiger partial charge in [0.05, 0.1) is 17.2 Å². The molecular formula is C16H17F3N2O2. The van der Waals surface area contributed by atoms with E-state index in [1.807, 2.05) is 6.07 Å². The summed E-state index contributed by atoms with van der Waals surface area (Å²) in [5.41, 5.74) is -0.325. The minimum Gasteiger partial charge on any atom is -0.511 e. The lowest BCUT2D eigenvalue weighted by Gasteiger charge is -2.13. The van der Waals surface area contributed by atoms with Gasteiger partial charge < -0.3 is 10.4 Å². The van der Waals surface area contributed by atoms with Crippen LogP contribution in [0.5, 0.6) is 0 Å². The van der Waals surface area contributed by atoms with Gasteiger partial charge in [-0.2, -0.15) is 18.4 Å². The number of nitriles is 1. The van der Waals surface area contributed by atoms with Crippen molar-refractivity contribution in [3.8, 4) is 6.07 Å². The zero-order chi connectivity index (χ0) is 17.6. The fourth-order valence-electron chi connectivity index (χ4n) is 1.74. The summed E-state index contributed by atoms with van der Waals surface area (Å²) in [6, 6.07) is 5.97. The first kappa shape index (κ1) is 18.6. The molecule has 1 atom stereocenters. The van der Waals surface area contributed by atoms with Gasteiger partial charge in [0.1, 0.15) is 5.76 Å². The molecule has 0 aliphatic rings. The van der Waals surface area contributed by atoms with Crippen LogP contribution in [0.2, 0.25) is 0 Å². The van der Waals surface area contributed by atoms with Gasteiger partial charge in [-0.15, -0.1) is 0 Å². The largest absolute Gasteiger partial charge is 0.511 e. The molecule has 1 rings (SSSR count). The number of carbonyl (C=O) groups excluding carboxylic acids is 1. The number of carbonyl (C=O) groups is 1. The molecule has 0 aliphatic heterocycles. The second-order valence-electron chi connectivity index (χ2n) is 5.19. The molecule has 0 aromatic heterocycles. The first-order valence-corrected chi connectivity index (χ1v) is 6.92. The average Bonchev–Trinajstić information content (AvgIpc) is 2.50. The second kappa shape index (κ2) is 7.68. The molecule has 0 aliphatic carbocycles. The van der Waals surface area contributed by atoms with E-state index in [0.29, 0.717) is 6.42 Å². The number of rotatable bonds is 5. The van der Waals surface area contributed by atoms with Gasteiger partial charge in [-0.3, -0.25) is 4.79 Å². The Morgan fingerprint density at radius 3 is 2.39 bits per heavy atom. The molecule has 0 fully saturated rings. The van der Waals surface area contributed by atoms with Crippen LogP contribution in [0.3, 0.4) is 0 Å². The lowest BCUT2D eigenvalue weighted by atomic mass is 10.0. The maximum atomic E-state index is 12.4. The van der Waals surface area contributed by atoms with Crippen molar-refractivity contribution in [2.75, 3.05) is 5.32 Å². The quantitative estimate of drug-likeness (QED) is 0.621. The molecule has 0 bridgehead atoms. The summed E-state index contributed by atoms with van der Waals surface area (Å²) >= 11 is 0. The number of hydrogen-bond donors (Lipinski definition) is 2. The third-order valence-corrected chi connectivity index (χ3v) is 3.34. The highest BCUT2D eigenvalue weighted by molar-refractivity contribution is 5.92. The summed E-state index contributed by atoms with van der Waals surface area (Å²) in [6.07, 6.45) is -3.92. The molecule has 0 spiro atoms. The highest BCUT2D eigenvalue weighted by atomic mass is 19.4. The van der Waals surface area contributed by atoms with Crippen molar-refractivity contribution in [3.63, 3.8) is 0 Å². The lowest BCUT2D eigenvalue weighted by molar-refractivity contribution is -0.137. The molecule has 4 nitrogen and oxygen atoms in total. The van der Waals surface area contributed by atoms with Crippen LogP contribution in [0.15, 0.2) is 35.6 Å². The van der Waals surface area contributed by atoms with Gasteiger partial charge in [0.15, 0.2) is 0 Å². The van der Waals surface area contributed by atoms with Gasteiger partial charge in [-0.25, -0.2) is 0 Å². The predicted octanol–water partition coefficient (Wildman–Crippen LogP) is 4.42. The smallest absolute Gasteiger partial charge is 0.416 e. The normalized spacial score (nSPS) is 13.7. The average molecular weight is 326 g/mol. The molecule has 23 heavy (non-hydrogen) atoms. The molecule has 0 saturated heterocycles. The number of nitrogens with one attached hydrogen (secondary N) is 1. The van der Waals surface area contributed by atoms with Crippen molar-refractivity contribution in [1.29, 1.82) is 5.26 Å². The van der Waals surface area contributed by atoms with Crippen LogP contribution in [0.25, 0.3) is 0 Å². The number of benzene rings is 1. The first-order valence-electron chi connectivity index (χ1n) is 6.92. The minimum atomic E-state index is -4.42. The summed E-state index contributed by atoms with van der Waals surface area (Å²) in [6.45, 7) is 3.11. The maximum absolute atomic E-state index is 12.4. The second-order valence-corrected chi connectivity index (χ2v) is 5.19. The Hall–Kier alpha value is -2.49. The number of hydrogen-bond acceptors (Lipinski definition) is 3. The Bertz CT molecular complexity index is 628. The third kappa shape index (κ3) is 5.66. The minimum absolute atomic E-state index is 0.0679. The molecule has 1 aromatic rings. The van der Waals surface area contributed by atoms with Gasteiger partial charge in [-0.1, -0.05) is 6.92 Å². The van der Waals surface area contributed by atoms with Crippen molar-refractivity contribution in [2.45, 2.75) is 32.9 Å². The van der Waals surface area contributed by atoms with Crippen molar-refractivity contribution in [3.05, 3.63) is 41.2 Å². The summed E-state index contributed by atoms with van der Waals surface area (Å²) in [5, 5.41) is 20.7. The van der Waals surface area contributed by atoms with Gasteiger partial charge in [0, 0.05) is 18.0 Å². The van der Waals surface area contributed by atoms with Crippen LogP contribution < -0.4 is 5.32 Å². The monoisotopic (exact) mass is 326 g/mol. The number of alkyl halides is 3. The molecule has 0 heterocycles. The van der Waals surface area contributed by atoms with Gasteiger partial charge in [0.2, 0.25) is 5.91 Å². The summed E-state index contributed by atoms with van der Waals surface area (Å²) in [5.74, 6) is -0.903. The zero-order valence-electron chi connectivity index (χ0n) is 12.7. The summed E-state index contributed by atoms with van der Waals surface area (Å²) in [4.78, 5) is 12.0. The van der Waals surface area contributed by atoms with Crippen LogP contribution in [0.1, 0.15) is 32.3 Å². The molecule has 0 radical (unpaired) electrons. The molecule has 1 unspecified atom stereocenters. The molecule has 0 saturated carbocycles. The number of allylic oxidation sites excluding steroid dienone is 2. The summed E-state index contributed by atoms with van der Waals surface area (Å²) < 4.78 is 37.3. The van der Waals surface area contributed by atoms with Crippen molar-refractivity contribution < 1.29 is 23.1 Å². The van der Waals surface area contributed by atoms with Crippen LogP contribution >= 0.6 is 0 Å². The molecule has 124 valence electrons. The standard InChI is InChI=1S/C16H17F3N2O2/c1-10(3-8-14(22)11(2)9-20)15(23)21-13-6-4-12(5-7-13)16(17,18)19/h4-7,10,22H,3,8H2,1-2H3,(H,21,23)/b14-11-. The maximum Gasteiger partial charge on any atom is 0.416 e. The van der Waals surface area contributed by atoms with Crippen LogP contribution in [-0.4, -0.2) is 11.0 Å². The van der Waals surface area contributed by atoms with Crippen LogP contribution in [-0.2, 0) is 11.0 Å². The summed E-state index contributed by atoms with van der Waals surface area (Å²) in [7, 11) is 0. The van der Waals surface area contributed by atoms with Crippen molar-refractivity contribution in [1.82, 2.24) is 0 Å². The number of halogens is 3. The number of nitrogens with zero attached hydrogens (tertiary/aromatic N) is 1.